The quantitative estimate of drug-likeness (QED) is 0.874. The largest absolute Gasteiger partial charge is 0.379 e. The van der Waals surface area contributed by atoms with Gasteiger partial charge in [-0.3, -0.25) is 4.98 Å². The fourth-order valence-electron chi connectivity index (χ4n) is 1.55. The molecule has 0 amide bonds. The maximum absolute atomic E-state index is 6.12. The Labute approximate surface area is 100 Å². The van der Waals surface area contributed by atoms with Crippen molar-refractivity contribution in [3.63, 3.8) is 0 Å². The molecule has 2 rings (SSSR count). The van der Waals surface area contributed by atoms with E-state index in [0.29, 0.717) is 0 Å². The zero-order valence-corrected chi connectivity index (χ0v) is 9.83. The summed E-state index contributed by atoms with van der Waals surface area (Å²) in [7, 11) is 0. The minimum absolute atomic E-state index is 0.735. The number of benzene rings is 1. The van der Waals surface area contributed by atoms with Crippen molar-refractivity contribution in [2.45, 2.75) is 13.5 Å². The van der Waals surface area contributed by atoms with Gasteiger partial charge in [0.05, 0.1) is 10.7 Å². The number of nitrogens with zero attached hydrogens (tertiary/aromatic N) is 1. The molecule has 0 saturated carbocycles. The van der Waals surface area contributed by atoms with Crippen LogP contribution in [0.2, 0.25) is 5.02 Å². The van der Waals surface area contributed by atoms with Gasteiger partial charge < -0.3 is 5.32 Å². The van der Waals surface area contributed by atoms with Crippen LogP contribution in [-0.2, 0) is 6.54 Å². The van der Waals surface area contributed by atoms with Crippen LogP contribution in [0.15, 0.2) is 42.7 Å². The van der Waals surface area contributed by atoms with Crippen LogP contribution >= 0.6 is 11.6 Å². The average molecular weight is 233 g/mol. The van der Waals surface area contributed by atoms with E-state index < -0.39 is 0 Å². The van der Waals surface area contributed by atoms with Crippen LogP contribution in [0.4, 0.5) is 5.69 Å². The Morgan fingerprint density at radius 1 is 1.25 bits per heavy atom. The zero-order valence-electron chi connectivity index (χ0n) is 9.07. The van der Waals surface area contributed by atoms with Gasteiger partial charge in [-0.1, -0.05) is 29.8 Å². The highest BCUT2D eigenvalue weighted by molar-refractivity contribution is 6.33. The molecule has 0 saturated heterocycles. The van der Waals surface area contributed by atoms with E-state index in [1.165, 1.54) is 0 Å². The van der Waals surface area contributed by atoms with Gasteiger partial charge in [-0.2, -0.15) is 0 Å². The molecule has 1 aromatic heterocycles. The summed E-state index contributed by atoms with van der Waals surface area (Å²) in [5.74, 6) is 0. The Morgan fingerprint density at radius 3 is 2.81 bits per heavy atom. The van der Waals surface area contributed by atoms with Crippen molar-refractivity contribution < 1.29 is 0 Å². The Bertz CT molecular complexity index is 448. The normalized spacial score (nSPS) is 10.1. The van der Waals surface area contributed by atoms with Crippen molar-refractivity contribution in [3.05, 3.63) is 58.9 Å². The molecule has 3 heteroatoms. The zero-order chi connectivity index (χ0) is 11.4. The maximum atomic E-state index is 6.12. The first kappa shape index (κ1) is 11.0. The molecule has 2 aromatic rings. The number of halogens is 1. The molecule has 0 spiro atoms. The van der Waals surface area contributed by atoms with Crippen LogP contribution in [0, 0.1) is 6.92 Å². The number of para-hydroxylation sites is 1. The topological polar surface area (TPSA) is 24.9 Å². The van der Waals surface area contributed by atoms with Crippen LogP contribution in [0.1, 0.15) is 11.1 Å². The molecule has 0 bridgehead atoms. The summed E-state index contributed by atoms with van der Waals surface area (Å²) in [5, 5.41) is 4.08. The van der Waals surface area contributed by atoms with Gasteiger partial charge in [0.15, 0.2) is 0 Å². The highest BCUT2D eigenvalue weighted by Gasteiger charge is 2.02. The molecule has 16 heavy (non-hydrogen) atoms. The molecule has 2 nitrogen and oxygen atoms in total. The van der Waals surface area contributed by atoms with Crippen LogP contribution in [-0.4, -0.2) is 4.98 Å². The van der Waals surface area contributed by atoms with E-state index in [0.717, 1.165) is 28.4 Å². The minimum Gasteiger partial charge on any atom is -0.379 e. The lowest BCUT2D eigenvalue weighted by molar-refractivity contribution is 1.11. The van der Waals surface area contributed by atoms with Crippen molar-refractivity contribution in [2.75, 3.05) is 5.32 Å². The van der Waals surface area contributed by atoms with E-state index in [1.54, 1.807) is 6.20 Å². The summed E-state index contributed by atoms with van der Waals surface area (Å²) >= 11 is 6.12. The van der Waals surface area contributed by atoms with Crippen LogP contribution < -0.4 is 5.32 Å². The fraction of sp³-hybridized carbons (Fsp3) is 0.154. The molecular weight excluding hydrogens is 220 g/mol. The number of hydrogen-bond donors (Lipinski definition) is 1. The first-order chi connectivity index (χ1) is 7.77. The summed E-state index contributed by atoms with van der Waals surface area (Å²) in [6, 6.07) is 9.84. The fourth-order valence-corrected chi connectivity index (χ4v) is 1.84. The highest BCUT2D eigenvalue weighted by atomic mass is 35.5. The Kier molecular flexibility index (Phi) is 3.42. The minimum atomic E-state index is 0.735. The number of aromatic nitrogens is 1. The van der Waals surface area contributed by atoms with Crippen LogP contribution in [0.3, 0.4) is 0 Å². The summed E-state index contributed by atoms with van der Waals surface area (Å²) < 4.78 is 0. The van der Waals surface area contributed by atoms with E-state index >= 15 is 0 Å². The lowest BCUT2D eigenvalue weighted by atomic mass is 10.2. The van der Waals surface area contributed by atoms with Gasteiger partial charge in [-0.05, 0) is 30.2 Å². The smallest absolute Gasteiger partial charge is 0.0640 e. The second-order valence-electron chi connectivity index (χ2n) is 3.65. The van der Waals surface area contributed by atoms with Crippen molar-refractivity contribution in [1.29, 1.82) is 0 Å². The summed E-state index contributed by atoms with van der Waals surface area (Å²) in [6.45, 7) is 2.77. The molecule has 0 fully saturated rings. The molecule has 1 aromatic carbocycles. The van der Waals surface area contributed by atoms with Crippen molar-refractivity contribution >= 4 is 17.3 Å². The first-order valence-corrected chi connectivity index (χ1v) is 5.53. The standard InChI is InChI=1S/C13H13ClN2/c1-10-4-2-6-12(14)13(10)16-9-11-5-3-7-15-8-11/h2-8,16H,9H2,1H3. The second-order valence-corrected chi connectivity index (χ2v) is 4.05. The predicted molar refractivity (Wildman–Crippen MR) is 67.8 cm³/mol. The number of hydrogen-bond acceptors (Lipinski definition) is 2. The molecular formula is C13H13ClN2. The van der Waals surface area contributed by atoms with Crippen molar-refractivity contribution in [1.82, 2.24) is 4.98 Å². The monoisotopic (exact) mass is 232 g/mol. The Morgan fingerprint density at radius 2 is 2.12 bits per heavy atom. The Hall–Kier alpha value is -1.54. The van der Waals surface area contributed by atoms with Gasteiger partial charge in [0.25, 0.3) is 0 Å². The van der Waals surface area contributed by atoms with E-state index in [4.69, 9.17) is 11.6 Å². The third-order valence-corrected chi connectivity index (χ3v) is 2.73. The number of aryl methyl sites for hydroxylation is 1. The van der Waals surface area contributed by atoms with Crippen LogP contribution in [0.25, 0.3) is 0 Å². The molecule has 0 radical (unpaired) electrons. The number of rotatable bonds is 3. The van der Waals surface area contributed by atoms with Gasteiger partial charge in [0.1, 0.15) is 0 Å². The Balaban J connectivity index is 2.11. The van der Waals surface area contributed by atoms with Gasteiger partial charge in [0, 0.05) is 18.9 Å². The number of nitrogens with one attached hydrogen (secondary N) is 1. The second kappa shape index (κ2) is 4.99. The molecule has 0 atom stereocenters. The van der Waals surface area contributed by atoms with Crippen molar-refractivity contribution in [3.8, 4) is 0 Å². The summed E-state index contributed by atoms with van der Waals surface area (Å²) in [6.07, 6.45) is 3.61. The summed E-state index contributed by atoms with van der Waals surface area (Å²) in [5.41, 5.74) is 3.28. The summed E-state index contributed by atoms with van der Waals surface area (Å²) in [4.78, 5) is 4.07. The van der Waals surface area contributed by atoms with Gasteiger partial charge in [0.2, 0.25) is 0 Å². The van der Waals surface area contributed by atoms with E-state index in [9.17, 15) is 0 Å². The third-order valence-electron chi connectivity index (χ3n) is 2.41. The predicted octanol–water partition coefficient (Wildman–Crippen LogP) is 3.66. The lowest BCUT2D eigenvalue weighted by Crippen LogP contribution is -2.01. The SMILES string of the molecule is Cc1cccc(Cl)c1NCc1cccnc1. The lowest BCUT2D eigenvalue weighted by Gasteiger charge is -2.10. The maximum Gasteiger partial charge on any atom is 0.0640 e. The molecule has 0 aliphatic carbocycles. The molecule has 82 valence electrons. The van der Waals surface area contributed by atoms with E-state index in [-0.39, 0.29) is 0 Å². The van der Waals surface area contributed by atoms with Gasteiger partial charge in [-0.15, -0.1) is 0 Å². The van der Waals surface area contributed by atoms with Gasteiger partial charge in [-0.25, -0.2) is 0 Å². The number of anilines is 1. The van der Waals surface area contributed by atoms with Gasteiger partial charge >= 0.3 is 0 Å². The molecule has 0 aliphatic heterocycles. The molecule has 0 aliphatic rings. The number of pyridine rings is 1. The third kappa shape index (κ3) is 2.52. The molecule has 1 heterocycles. The van der Waals surface area contributed by atoms with Crippen LogP contribution in [0.5, 0.6) is 0 Å². The van der Waals surface area contributed by atoms with Crippen molar-refractivity contribution in [2.24, 2.45) is 0 Å². The highest BCUT2D eigenvalue weighted by Crippen LogP contribution is 2.25. The molecule has 0 unspecified atom stereocenters. The average Bonchev–Trinajstić information content (AvgIpc) is 2.30. The van der Waals surface area contributed by atoms with E-state index in [2.05, 4.69) is 10.3 Å². The molecule has 1 N–H and O–H groups in total. The first-order valence-electron chi connectivity index (χ1n) is 5.15. The van der Waals surface area contributed by atoms with E-state index in [1.807, 2.05) is 43.5 Å².